The van der Waals surface area contributed by atoms with Crippen LogP contribution in [-0.4, -0.2) is 50.4 Å². The van der Waals surface area contributed by atoms with E-state index in [9.17, 15) is 4.79 Å². The monoisotopic (exact) mass is 444 g/mol. The maximum atomic E-state index is 13.0. The van der Waals surface area contributed by atoms with Gasteiger partial charge in [0.1, 0.15) is 17.9 Å². The molecule has 1 amide bonds. The lowest BCUT2D eigenvalue weighted by molar-refractivity contribution is -0.132. The number of hydrogen-bond donors (Lipinski definition) is 1. The highest BCUT2D eigenvalue weighted by Gasteiger charge is 2.24. The van der Waals surface area contributed by atoms with Crippen LogP contribution in [0.25, 0.3) is 33.5 Å². The molecule has 0 unspecified atom stereocenters. The number of rotatable bonds is 4. The average Bonchev–Trinajstić information content (AvgIpc) is 3.19. The van der Waals surface area contributed by atoms with Crippen LogP contribution in [0.15, 0.2) is 72.9 Å². The minimum Gasteiger partial charge on any atom is -0.386 e. The van der Waals surface area contributed by atoms with Gasteiger partial charge in [0.15, 0.2) is 5.65 Å². The molecule has 5 rings (SSSR count). The third-order valence-electron chi connectivity index (χ3n) is 5.47. The lowest BCUT2D eigenvalue weighted by Crippen LogP contribution is -2.46. The third-order valence-corrected chi connectivity index (χ3v) is 5.84. The second-order valence-corrected chi connectivity index (χ2v) is 8.02. The Morgan fingerprint density at radius 2 is 1.66 bits per heavy atom. The zero-order chi connectivity index (χ0) is 22.1. The molecule has 1 aliphatic rings. The Labute approximate surface area is 190 Å². The van der Waals surface area contributed by atoms with E-state index in [-0.39, 0.29) is 12.5 Å². The van der Waals surface area contributed by atoms with Gasteiger partial charge in [-0.25, -0.2) is 4.68 Å². The van der Waals surface area contributed by atoms with E-state index >= 15 is 0 Å². The van der Waals surface area contributed by atoms with Gasteiger partial charge in [0.2, 0.25) is 5.91 Å². The fourth-order valence-corrected chi connectivity index (χ4v) is 4.20. The van der Waals surface area contributed by atoms with Crippen LogP contribution in [0, 0.1) is 0 Å². The molecule has 2 aromatic carbocycles. The number of hydrogen-bond acceptors (Lipinski definition) is 5. The number of nitrogens with zero attached hydrogens (tertiary/aromatic N) is 5. The largest absolute Gasteiger partial charge is 0.386 e. The standard InChI is InChI=1S/C24H21ClN6O/c1-16-14-30(13-12-26-16)19(32)15-31-24-20(22(29-31)17-8-4-2-5-9-17)21(25)23(27-28-24)18-10-6-3-7-11-18/h2-11,26H,1,12-15H2. The summed E-state index contributed by atoms with van der Waals surface area (Å²) in [6.45, 7) is 5.76. The summed E-state index contributed by atoms with van der Waals surface area (Å²) in [5.74, 6) is -0.0540. The maximum Gasteiger partial charge on any atom is 0.244 e. The lowest BCUT2D eigenvalue weighted by atomic mass is 10.1. The fraction of sp³-hybridized carbons (Fsp3) is 0.167. The molecule has 0 saturated carbocycles. The molecule has 2 aromatic heterocycles. The molecule has 3 heterocycles. The van der Waals surface area contributed by atoms with E-state index in [1.165, 1.54) is 0 Å². The number of carbonyl (C=O) groups excluding carboxylic acids is 1. The van der Waals surface area contributed by atoms with Crippen LogP contribution in [-0.2, 0) is 11.3 Å². The molecular weight excluding hydrogens is 424 g/mol. The Hall–Kier alpha value is -3.71. The van der Waals surface area contributed by atoms with E-state index in [0.717, 1.165) is 16.8 Å². The van der Waals surface area contributed by atoms with Crippen molar-refractivity contribution in [1.29, 1.82) is 0 Å². The van der Waals surface area contributed by atoms with Gasteiger partial charge in [-0.1, -0.05) is 78.8 Å². The smallest absolute Gasteiger partial charge is 0.244 e. The topological polar surface area (TPSA) is 75.9 Å². The number of fused-ring (bicyclic) bond motifs is 1. The molecule has 1 aliphatic heterocycles. The zero-order valence-electron chi connectivity index (χ0n) is 17.3. The average molecular weight is 445 g/mol. The summed E-state index contributed by atoms with van der Waals surface area (Å²) in [5, 5.41) is 17.9. The summed E-state index contributed by atoms with van der Waals surface area (Å²) in [7, 11) is 0. The van der Waals surface area contributed by atoms with Gasteiger partial charge in [-0.05, 0) is 0 Å². The molecule has 1 fully saturated rings. The Balaban J connectivity index is 1.62. The second-order valence-electron chi connectivity index (χ2n) is 7.65. The first-order valence-electron chi connectivity index (χ1n) is 10.3. The van der Waals surface area contributed by atoms with Crippen molar-refractivity contribution in [1.82, 2.24) is 30.2 Å². The van der Waals surface area contributed by atoms with E-state index in [2.05, 4.69) is 22.1 Å². The van der Waals surface area contributed by atoms with E-state index < -0.39 is 0 Å². The molecular formula is C24H21ClN6O. The van der Waals surface area contributed by atoms with Gasteiger partial charge in [0.05, 0.1) is 17.0 Å². The van der Waals surface area contributed by atoms with Crippen LogP contribution < -0.4 is 5.32 Å². The number of benzene rings is 2. The Bertz CT molecular complexity index is 1300. The number of nitrogens with one attached hydrogen (secondary N) is 1. The molecule has 0 bridgehead atoms. The number of carbonyl (C=O) groups is 1. The van der Waals surface area contributed by atoms with Crippen LogP contribution in [0.4, 0.5) is 0 Å². The van der Waals surface area contributed by atoms with Crippen molar-refractivity contribution < 1.29 is 4.79 Å². The molecule has 0 atom stereocenters. The molecule has 7 nitrogen and oxygen atoms in total. The van der Waals surface area contributed by atoms with Crippen molar-refractivity contribution in [3.05, 3.63) is 78.0 Å². The van der Waals surface area contributed by atoms with Crippen molar-refractivity contribution in [2.75, 3.05) is 19.6 Å². The highest BCUT2D eigenvalue weighted by atomic mass is 35.5. The van der Waals surface area contributed by atoms with Crippen LogP contribution in [0.3, 0.4) is 0 Å². The molecule has 8 heteroatoms. The highest BCUT2D eigenvalue weighted by Crippen LogP contribution is 2.37. The van der Waals surface area contributed by atoms with E-state index in [0.29, 0.717) is 47.1 Å². The van der Waals surface area contributed by atoms with E-state index in [1.54, 1.807) is 9.58 Å². The minimum absolute atomic E-state index is 0.0479. The molecule has 32 heavy (non-hydrogen) atoms. The molecule has 1 N–H and O–H groups in total. The number of halogens is 1. The van der Waals surface area contributed by atoms with Crippen molar-refractivity contribution in [3.63, 3.8) is 0 Å². The molecule has 0 radical (unpaired) electrons. The molecule has 0 aliphatic carbocycles. The van der Waals surface area contributed by atoms with E-state index in [4.69, 9.17) is 16.7 Å². The normalized spacial score (nSPS) is 13.9. The van der Waals surface area contributed by atoms with Gasteiger partial charge in [0.25, 0.3) is 0 Å². The summed E-state index contributed by atoms with van der Waals surface area (Å²) in [4.78, 5) is 14.8. The highest BCUT2D eigenvalue weighted by molar-refractivity contribution is 6.38. The van der Waals surface area contributed by atoms with E-state index in [1.807, 2.05) is 60.7 Å². The SMILES string of the molecule is C=C1CN(C(=O)Cn2nc(-c3ccccc3)c3c(Cl)c(-c4ccccc4)nnc32)CCN1. The summed E-state index contributed by atoms with van der Waals surface area (Å²) in [6, 6.07) is 19.4. The summed E-state index contributed by atoms with van der Waals surface area (Å²) in [5.41, 5.74) is 4.34. The van der Waals surface area contributed by atoms with Crippen LogP contribution >= 0.6 is 11.6 Å². The third kappa shape index (κ3) is 3.71. The van der Waals surface area contributed by atoms with Crippen LogP contribution in [0.5, 0.6) is 0 Å². The number of piperazine rings is 1. The van der Waals surface area contributed by atoms with Crippen molar-refractivity contribution in [2.24, 2.45) is 0 Å². The summed E-state index contributed by atoms with van der Waals surface area (Å²) < 4.78 is 1.60. The van der Waals surface area contributed by atoms with Crippen molar-refractivity contribution in [2.45, 2.75) is 6.54 Å². The zero-order valence-corrected chi connectivity index (χ0v) is 18.1. The first kappa shape index (κ1) is 20.2. The lowest BCUT2D eigenvalue weighted by Gasteiger charge is -2.29. The maximum absolute atomic E-state index is 13.0. The number of amides is 1. The summed E-state index contributed by atoms with van der Waals surface area (Å²) in [6.07, 6.45) is 0. The van der Waals surface area contributed by atoms with Gasteiger partial charge in [-0.3, -0.25) is 4.79 Å². The molecule has 4 aromatic rings. The number of aromatic nitrogens is 4. The van der Waals surface area contributed by atoms with Gasteiger partial charge < -0.3 is 10.2 Å². The first-order valence-corrected chi connectivity index (χ1v) is 10.7. The second kappa shape index (κ2) is 8.43. The van der Waals surface area contributed by atoms with Crippen LogP contribution in [0.2, 0.25) is 5.02 Å². The molecule has 0 spiro atoms. The minimum atomic E-state index is -0.0540. The fourth-order valence-electron chi connectivity index (χ4n) is 3.88. The summed E-state index contributed by atoms with van der Waals surface area (Å²) >= 11 is 6.88. The molecule has 160 valence electrons. The predicted molar refractivity (Wildman–Crippen MR) is 125 cm³/mol. The van der Waals surface area contributed by atoms with Crippen molar-refractivity contribution in [3.8, 4) is 22.5 Å². The first-order chi connectivity index (χ1) is 15.6. The van der Waals surface area contributed by atoms with Gasteiger partial charge in [0, 0.05) is 29.9 Å². The predicted octanol–water partition coefficient (Wildman–Crippen LogP) is 3.76. The Morgan fingerprint density at radius 3 is 2.31 bits per heavy atom. The van der Waals surface area contributed by atoms with Gasteiger partial charge >= 0.3 is 0 Å². The van der Waals surface area contributed by atoms with Gasteiger partial charge in [-0.2, -0.15) is 5.10 Å². The molecule has 1 saturated heterocycles. The Morgan fingerprint density at radius 1 is 1.00 bits per heavy atom. The Kier molecular flexibility index (Phi) is 5.33. The van der Waals surface area contributed by atoms with Crippen LogP contribution in [0.1, 0.15) is 0 Å². The van der Waals surface area contributed by atoms with Crippen molar-refractivity contribution >= 4 is 28.5 Å². The van der Waals surface area contributed by atoms with Gasteiger partial charge in [-0.15, -0.1) is 10.2 Å². The quantitative estimate of drug-likeness (QED) is 0.518.